The number of hydrogen-bond donors (Lipinski definition) is 0. The number of hydrogen-bond acceptors (Lipinski definition) is 4. The number of halogens is 1. The van der Waals surface area contributed by atoms with Gasteiger partial charge in [0, 0.05) is 18.1 Å². The van der Waals surface area contributed by atoms with Crippen LogP contribution in [-0.4, -0.2) is 26.5 Å². The average molecular weight is 468 g/mol. The summed E-state index contributed by atoms with van der Waals surface area (Å²) in [6.45, 7) is 2.77. The van der Waals surface area contributed by atoms with Crippen LogP contribution in [0.25, 0.3) is 10.2 Å². The van der Waals surface area contributed by atoms with Gasteiger partial charge in [0.25, 0.3) is 5.56 Å². The first kappa shape index (κ1) is 22.0. The number of rotatable bonds is 7. The van der Waals surface area contributed by atoms with Gasteiger partial charge < -0.3 is 4.90 Å². The lowest BCUT2D eigenvalue weighted by atomic mass is 10.2. The first-order valence-electron chi connectivity index (χ1n) is 10.3. The SMILES string of the molecule is CCN(Cc1ccccc1)C(=O)Cn1c(=O)n(Cc2ccccc2Cl)c(=O)c2sccc21. The van der Waals surface area contributed by atoms with Crippen molar-refractivity contribution in [3.8, 4) is 0 Å². The maximum atomic E-state index is 13.3. The maximum Gasteiger partial charge on any atom is 0.332 e. The van der Waals surface area contributed by atoms with Gasteiger partial charge in [-0.1, -0.05) is 60.1 Å². The minimum atomic E-state index is -0.523. The molecule has 0 aliphatic heterocycles. The summed E-state index contributed by atoms with van der Waals surface area (Å²) in [5.74, 6) is -0.186. The van der Waals surface area contributed by atoms with Crippen molar-refractivity contribution in [3.63, 3.8) is 0 Å². The number of likely N-dealkylation sites (N-methyl/N-ethyl adjacent to an activating group) is 1. The normalized spacial score (nSPS) is 11.1. The molecule has 164 valence electrons. The van der Waals surface area contributed by atoms with Gasteiger partial charge in [-0.3, -0.25) is 18.7 Å². The monoisotopic (exact) mass is 467 g/mol. The molecule has 0 bridgehead atoms. The van der Waals surface area contributed by atoms with E-state index in [0.717, 1.165) is 10.1 Å². The van der Waals surface area contributed by atoms with Gasteiger partial charge in [-0.2, -0.15) is 0 Å². The Hall–Kier alpha value is -3.16. The van der Waals surface area contributed by atoms with Crippen LogP contribution in [0.1, 0.15) is 18.1 Å². The van der Waals surface area contributed by atoms with E-state index >= 15 is 0 Å². The Balaban J connectivity index is 1.71. The smallest absolute Gasteiger partial charge is 0.332 e. The van der Waals surface area contributed by atoms with Gasteiger partial charge in [0.2, 0.25) is 5.91 Å². The highest BCUT2D eigenvalue weighted by Gasteiger charge is 2.20. The van der Waals surface area contributed by atoms with Gasteiger partial charge in [-0.15, -0.1) is 11.3 Å². The predicted octanol–water partition coefficient (Wildman–Crippen LogP) is 3.98. The van der Waals surface area contributed by atoms with E-state index in [1.54, 1.807) is 40.6 Å². The highest BCUT2D eigenvalue weighted by Crippen LogP contribution is 2.18. The summed E-state index contributed by atoms with van der Waals surface area (Å²) >= 11 is 7.51. The number of carbonyl (C=O) groups is 1. The summed E-state index contributed by atoms with van der Waals surface area (Å²) < 4.78 is 2.98. The Labute approximate surface area is 193 Å². The molecule has 0 atom stereocenters. The molecule has 0 saturated heterocycles. The zero-order valence-electron chi connectivity index (χ0n) is 17.5. The number of amides is 1. The van der Waals surface area contributed by atoms with Crippen LogP contribution in [0.5, 0.6) is 0 Å². The molecule has 1 amide bonds. The van der Waals surface area contributed by atoms with Crippen LogP contribution < -0.4 is 11.2 Å². The van der Waals surface area contributed by atoms with Crippen molar-refractivity contribution >= 4 is 39.1 Å². The molecule has 4 rings (SSSR count). The topological polar surface area (TPSA) is 64.3 Å². The molecule has 6 nitrogen and oxygen atoms in total. The van der Waals surface area contributed by atoms with Crippen molar-refractivity contribution < 1.29 is 4.79 Å². The predicted molar refractivity (Wildman–Crippen MR) is 128 cm³/mol. The number of thiophene rings is 1. The molecule has 0 aliphatic carbocycles. The van der Waals surface area contributed by atoms with Crippen LogP contribution in [0.2, 0.25) is 5.02 Å². The number of benzene rings is 2. The highest BCUT2D eigenvalue weighted by molar-refractivity contribution is 7.17. The lowest BCUT2D eigenvalue weighted by Gasteiger charge is -2.22. The molecule has 32 heavy (non-hydrogen) atoms. The number of fused-ring (bicyclic) bond motifs is 1. The summed E-state index contributed by atoms with van der Waals surface area (Å²) in [6.07, 6.45) is 0. The van der Waals surface area contributed by atoms with E-state index in [9.17, 15) is 14.4 Å². The third kappa shape index (κ3) is 4.40. The fourth-order valence-electron chi connectivity index (χ4n) is 3.64. The van der Waals surface area contributed by atoms with Gasteiger partial charge in [0.1, 0.15) is 11.2 Å². The van der Waals surface area contributed by atoms with Gasteiger partial charge in [0.15, 0.2) is 0 Å². The lowest BCUT2D eigenvalue weighted by molar-refractivity contribution is -0.132. The number of carbonyl (C=O) groups excluding carboxylic acids is 1. The van der Waals surface area contributed by atoms with E-state index in [4.69, 9.17) is 11.6 Å². The van der Waals surface area contributed by atoms with E-state index in [1.807, 2.05) is 37.3 Å². The Morgan fingerprint density at radius 3 is 2.44 bits per heavy atom. The minimum Gasteiger partial charge on any atom is -0.337 e. The van der Waals surface area contributed by atoms with Gasteiger partial charge >= 0.3 is 5.69 Å². The van der Waals surface area contributed by atoms with Gasteiger partial charge in [-0.25, -0.2) is 4.79 Å². The standard InChI is InChI=1S/C24H22ClN3O3S/c1-2-26(14-17-8-4-3-5-9-17)21(29)16-27-20-12-13-32-22(20)23(30)28(24(27)31)15-18-10-6-7-11-19(18)25/h3-13H,2,14-16H2,1H3. The fourth-order valence-corrected chi connectivity index (χ4v) is 4.68. The largest absolute Gasteiger partial charge is 0.337 e. The second-order valence-electron chi connectivity index (χ2n) is 7.38. The van der Waals surface area contributed by atoms with Crippen molar-refractivity contribution in [1.82, 2.24) is 14.0 Å². The molecular formula is C24H22ClN3O3S. The van der Waals surface area contributed by atoms with Crippen LogP contribution in [0, 0.1) is 0 Å². The second kappa shape index (κ2) is 9.54. The Morgan fingerprint density at radius 1 is 1.00 bits per heavy atom. The third-order valence-corrected chi connectivity index (χ3v) is 6.63. The van der Waals surface area contributed by atoms with Crippen molar-refractivity contribution in [2.45, 2.75) is 26.6 Å². The molecule has 0 unspecified atom stereocenters. The molecular weight excluding hydrogens is 446 g/mol. The number of aromatic nitrogens is 2. The average Bonchev–Trinajstić information content (AvgIpc) is 3.29. The van der Waals surface area contributed by atoms with Crippen LogP contribution in [0.4, 0.5) is 0 Å². The first-order valence-corrected chi connectivity index (χ1v) is 11.5. The number of nitrogens with zero attached hydrogens (tertiary/aromatic N) is 3. The highest BCUT2D eigenvalue weighted by atomic mass is 35.5. The molecule has 0 N–H and O–H groups in total. The van der Waals surface area contributed by atoms with Crippen molar-refractivity contribution in [3.05, 3.63) is 103 Å². The quantitative estimate of drug-likeness (QED) is 0.413. The molecule has 2 aromatic carbocycles. The lowest BCUT2D eigenvalue weighted by Crippen LogP contribution is -2.43. The molecule has 0 radical (unpaired) electrons. The summed E-state index contributed by atoms with van der Waals surface area (Å²) in [4.78, 5) is 41.2. The molecule has 0 saturated carbocycles. The van der Waals surface area contributed by atoms with Crippen LogP contribution in [0.3, 0.4) is 0 Å². The van der Waals surface area contributed by atoms with Gasteiger partial charge in [0.05, 0.1) is 12.1 Å². The summed E-state index contributed by atoms with van der Waals surface area (Å²) in [6, 6.07) is 18.5. The fraction of sp³-hybridized carbons (Fsp3) is 0.208. The molecule has 8 heteroatoms. The molecule has 4 aromatic rings. The maximum absolute atomic E-state index is 13.3. The molecule has 0 spiro atoms. The second-order valence-corrected chi connectivity index (χ2v) is 8.70. The van der Waals surface area contributed by atoms with E-state index in [-0.39, 0.29) is 24.6 Å². The third-order valence-electron chi connectivity index (χ3n) is 5.37. The zero-order valence-corrected chi connectivity index (χ0v) is 19.1. The molecule has 2 heterocycles. The van der Waals surface area contributed by atoms with E-state index in [0.29, 0.717) is 33.9 Å². The van der Waals surface area contributed by atoms with Crippen molar-refractivity contribution in [2.75, 3.05) is 6.54 Å². The minimum absolute atomic E-state index is 0.0425. The van der Waals surface area contributed by atoms with Crippen LogP contribution in [0.15, 0.2) is 75.6 Å². The van der Waals surface area contributed by atoms with Crippen molar-refractivity contribution in [1.29, 1.82) is 0 Å². The Bertz CT molecular complexity index is 1370. The van der Waals surface area contributed by atoms with Crippen LogP contribution >= 0.6 is 22.9 Å². The molecule has 0 fully saturated rings. The first-order chi connectivity index (χ1) is 15.5. The summed E-state index contributed by atoms with van der Waals surface area (Å²) in [5, 5.41) is 2.24. The van der Waals surface area contributed by atoms with E-state index in [2.05, 4.69) is 0 Å². The molecule has 0 aliphatic rings. The Morgan fingerprint density at radius 2 is 1.72 bits per heavy atom. The molecule has 2 aromatic heterocycles. The Kier molecular flexibility index (Phi) is 6.58. The van der Waals surface area contributed by atoms with E-state index < -0.39 is 5.69 Å². The van der Waals surface area contributed by atoms with Crippen LogP contribution in [-0.2, 0) is 24.4 Å². The summed E-state index contributed by atoms with van der Waals surface area (Å²) in [5.41, 5.74) is 1.26. The summed E-state index contributed by atoms with van der Waals surface area (Å²) in [7, 11) is 0. The van der Waals surface area contributed by atoms with E-state index in [1.165, 1.54) is 15.9 Å². The zero-order chi connectivity index (χ0) is 22.7. The van der Waals surface area contributed by atoms with Gasteiger partial charge in [-0.05, 0) is 35.6 Å². The van der Waals surface area contributed by atoms with Crippen molar-refractivity contribution in [2.24, 2.45) is 0 Å².